The van der Waals surface area contributed by atoms with Crippen molar-refractivity contribution in [3.8, 4) is 5.69 Å². The number of carbonyl (C=O) groups is 1. The van der Waals surface area contributed by atoms with Gasteiger partial charge in [0, 0.05) is 16.5 Å². The lowest BCUT2D eigenvalue weighted by atomic mass is 10.0. The number of nitrogen functional groups attached to an aromatic ring is 1. The molecule has 1 aliphatic rings. The Kier molecular flexibility index (Phi) is 3.73. The Morgan fingerprint density at radius 2 is 2.11 bits per heavy atom. The number of aromatic nitrogens is 4. The van der Waals surface area contributed by atoms with Crippen molar-refractivity contribution in [2.24, 2.45) is 0 Å². The summed E-state index contributed by atoms with van der Waals surface area (Å²) in [5, 5.41) is 4.36. The Morgan fingerprint density at radius 1 is 1.25 bits per heavy atom. The number of anilines is 1. The number of hydrogen-bond donors (Lipinski definition) is 2. The fourth-order valence-corrected chi connectivity index (χ4v) is 4.00. The number of rotatable bonds is 3. The SMILES string of the molecule is Cc1nc2ccc(-n3ncc(C(=O)C4=Cc5cc(Br)ccc5C4)c3N)cc2[nH]1. The summed E-state index contributed by atoms with van der Waals surface area (Å²) in [6.07, 6.45) is 4.07. The highest BCUT2D eigenvalue weighted by atomic mass is 79.9. The average Bonchev–Trinajstić information content (AvgIpc) is 3.35. The summed E-state index contributed by atoms with van der Waals surface area (Å²) in [5.41, 5.74) is 12.2. The minimum atomic E-state index is -0.0884. The lowest BCUT2D eigenvalue weighted by molar-refractivity contribution is 0.103. The van der Waals surface area contributed by atoms with Gasteiger partial charge in [-0.3, -0.25) is 4.79 Å². The third-order valence-electron chi connectivity index (χ3n) is 4.99. The molecule has 28 heavy (non-hydrogen) atoms. The number of halogens is 1. The van der Waals surface area contributed by atoms with Gasteiger partial charge in [0.25, 0.3) is 0 Å². The van der Waals surface area contributed by atoms with Gasteiger partial charge in [-0.25, -0.2) is 9.67 Å². The zero-order valence-corrected chi connectivity index (χ0v) is 16.6. The van der Waals surface area contributed by atoms with E-state index < -0.39 is 0 Å². The normalized spacial score (nSPS) is 13.0. The molecule has 0 saturated heterocycles. The Morgan fingerprint density at radius 3 is 2.96 bits per heavy atom. The maximum Gasteiger partial charge on any atom is 0.194 e. The van der Waals surface area contributed by atoms with Crippen LogP contribution >= 0.6 is 15.9 Å². The van der Waals surface area contributed by atoms with Crippen molar-refractivity contribution in [3.05, 3.63) is 75.2 Å². The van der Waals surface area contributed by atoms with Gasteiger partial charge in [0.1, 0.15) is 11.6 Å². The molecule has 0 saturated carbocycles. The van der Waals surface area contributed by atoms with Gasteiger partial charge in [0.15, 0.2) is 5.78 Å². The van der Waals surface area contributed by atoms with Crippen molar-refractivity contribution in [1.29, 1.82) is 0 Å². The number of nitrogens with two attached hydrogens (primary N) is 1. The monoisotopic (exact) mass is 433 g/mol. The minimum absolute atomic E-state index is 0.0884. The molecule has 2 heterocycles. The Bertz CT molecular complexity index is 1300. The van der Waals surface area contributed by atoms with Crippen LogP contribution in [0.4, 0.5) is 5.82 Å². The summed E-state index contributed by atoms with van der Waals surface area (Å²) >= 11 is 3.47. The van der Waals surface area contributed by atoms with Gasteiger partial charge in [-0.2, -0.15) is 5.10 Å². The van der Waals surface area contributed by atoms with Crippen LogP contribution in [0.15, 0.2) is 52.6 Å². The summed E-state index contributed by atoms with van der Waals surface area (Å²) in [7, 11) is 0. The molecule has 3 N–H and O–H groups in total. The van der Waals surface area contributed by atoms with E-state index in [0.29, 0.717) is 17.8 Å². The Balaban J connectivity index is 1.50. The third kappa shape index (κ3) is 2.66. The van der Waals surface area contributed by atoms with E-state index in [9.17, 15) is 4.79 Å². The second-order valence-corrected chi connectivity index (χ2v) is 7.81. The van der Waals surface area contributed by atoms with Gasteiger partial charge in [-0.15, -0.1) is 0 Å². The molecular formula is C21H16BrN5O. The topological polar surface area (TPSA) is 89.6 Å². The van der Waals surface area contributed by atoms with Crippen molar-refractivity contribution in [2.45, 2.75) is 13.3 Å². The van der Waals surface area contributed by atoms with E-state index in [0.717, 1.165) is 43.7 Å². The number of nitrogens with one attached hydrogen (secondary N) is 1. The minimum Gasteiger partial charge on any atom is -0.383 e. The number of nitrogens with zero attached hydrogens (tertiary/aromatic N) is 3. The highest BCUT2D eigenvalue weighted by molar-refractivity contribution is 9.10. The summed E-state index contributed by atoms with van der Waals surface area (Å²) in [6.45, 7) is 1.91. The first-order chi connectivity index (χ1) is 13.5. The molecule has 0 atom stereocenters. The largest absolute Gasteiger partial charge is 0.383 e. The third-order valence-corrected chi connectivity index (χ3v) is 5.48. The van der Waals surface area contributed by atoms with Crippen LogP contribution in [0.1, 0.15) is 27.3 Å². The molecule has 0 unspecified atom stereocenters. The van der Waals surface area contributed by atoms with E-state index >= 15 is 0 Å². The van der Waals surface area contributed by atoms with Gasteiger partial charge < -0.3 is 10.7 Å². The molecule has 5 rings (SSSR count). The highest BCUT2D eigenvalue weighted by Crippen LogP contribution is 2.31. The lowest BCUT2D eigenvalue weighted by Crippen LogP contribution is -2.08. The van der Waals surface area contributed by atoms with Crippen molar-refractivity contribution in [1.82, 2.24) is 19.7 Å². The van der Waals surface area contributed by atoms with Crippen LogP contribution < -0.4 is 5.73 Å². The molecule has 2 aromatic carbocycles. The fraction of sp³-hybridized carbons (Fsp3) is 0.0952. The van der Waals surface area contributed by atoms with E-state index in [4.69, 9.17) is 5.73 Å². The predicted octanol–water partition coefficient (Wildman–Crippen LogP) is 4.22. The van der Waals surface area contributed by atoms with Crippen LogP contribution in [-0.4, -0.2) is 25.5 Å². The van der Waals surface area contributed by atoms with Crippen LogP contribution in [0.2, 0.25) is 0 Å². The van der Waals surface area contributed by atoms with Crippen LogP contribution in [0, 0.1) is 6.92 Å². The number of ketones is 1. The first-order valence-corrected chi connectivity index (χ1v) is 9.63. The summed E-state index contributed by atoms with van der Waals surface area (Å²) in [4.78, 5) is 20.7. The summed E-state index contributed by atoms with van der Waals surface area (Å²) in [6, 6.07) is 11.8. The second-order valence-electron chi connectivity index (χ2n) is 6.90. The standard InChI is InChI=1S/C21H16BrN5O/c1-11-25-18-5-4-16(9-19(18)26-11)27-21(23)17(10-24-27)20(28)14-6-12-2-3-15(22)8-13(12)7-14/h2-5,7-10H,6,23H2,1H3,(H,25,26). The van der Waals surface area contributed by atoms with Gasteiger partial charge in [-0.05, 0) is 54.5 Å². The molecule has 2 aromatic heterocycles. The smallest absolute Gasteiger partial charge is 0.194 e. The van der Waals surface area contributed by atoms with Crippen molar-refractivity contribution >= 4 is 44.6 Å². The van der Waals surface area contributed by atoms with Crippen LogP contribution in [0.25, 0.3) is 22.8 Å². The van der Waals surface area contributed by atoms with E-state index in [2.05, 4.69) is 31.0 Å². The number of fused-ring (bicyclic) bond motifs is 2. The van der Waals surface area contributed by atoms with Gasteiger partial charge in [-0.1, -0.05) is 22.0 Å². The number of benzene rings is 2. The zero-order valence-electron chi connectivity index (χ0n) is 15.0. The molecule has 1 aliphatic carbocycles. The number of aryl methyl sites for hydroxylation is 1. The first-order valence-electron chi connectivity index (χ1n) is 8.83. The quantitative estimate of drug-likeness (QED) is 0.473. The maximum absolute atomic E-state index is 13.1. The van der Waals surface area contributed by atoms with Gasteiger partial charge in [0.05, 0.1) is 28.5 Å². The van der Waals surface area contributed by atoms with Crippen molar-refractivity contribution < 1.29 is 4.79 Å². The van der Waals surface area contributed by atoms with Crippen molar-refractivity contribution in [3.63, 3.8) is 0 Å². The number of imidazole rings is 1. The molecule has 0 amide bonds. The molecule has 4 aromatic rings. The van der Waals surface area contributed by atoms with E-state index in [-0.39, 0.29) is 5.78 Å². The van der Waals surface area contributed by atoms with Crippen LogP contribution in [-0.2, 0) is 6.42 Å². The molecule has 138 valence electrons. The molecule has 0 radical (unpaired) electrons. The summed E-state index contributed by atoms with van der Waals surface area (Å²) in [5.74, 6) is 1.09. The van der Waals surface area contributed by atoms with E-state index in [1.54, 1.807) is 10.9 Å². The van der Waals surface area contributed by atoms with E-state index in [1.165, 1.54) is 0 Å². The number of hydrogen-bond acceptors (Lipinski definition) is 4. The fourth-order valence-electron chi connectivity index (χ4n) is 3.62. The number of carbonyl (C=O) groups excluding carboxylic acids is 1. The molecule has 0 spiro atoms. The zero-order chi connectivity index (χ0) is 19.4. The van der Waals surface area contributed by atoms with E-state index in [1.807, 2.05) is 49.4 Å². The second kappa shape index (κ2) is 6.17. The molecular weight excluding hydrogens is 418 g/mol. The first kappa shape index (κ1) is 16.9. The highest BCUT2D eigenvalue weighted by Gasteiger charge is 2.24. The van der Waals surface area contributed by atoms with Crippen LogP contribution in [0.5, 0.6) is 0 Å². The number of allylic oxidation sites excluding steroid dienone is 1. The summed E-state index contributed by atoms with van der Waals surface area (Å²) < 4.78 is 2.58. The van der Waals surface area contributed by atoms with Crippen LogP contribution in [0.3, 0.4) is 0 Å². The number of H-pyrrole nitrogens is 1. The Hall–Kier alpha value is -3.19. The maximum atomic E-state index is 13.1. The molecule has 0 aliphatic heterocycles. The molecule has 0 fully saturated rings. The lowest BCUT2D eigenvalue weighted by Gasteiger charge is -2.05. The Labute approximate surface area is 169 Å². The number of Topliss-reactive ketones (excluding diaryl/α,β-unsaturated/α-hetero) is 1. The predicted molar refractivity (Wildman–Crippen MR) is 113 cm³/mol. The molecule has 7 heteroatoms. The average molecular weight is 434 g/mol. The van der Waals surface area contributed by atoms with Gasteiger partial charge in [0.2, 0.25) is 0 Å². The number of aromatic amines is 1. The van der Waals surface area contributed by atoms with Crippen molar-refractivity contribution in [2.75, 3.05) is 5.73 Å². The van der Waals surface area contributed by atoms with Gasteiger partial charge >= 0.3 is 0 Å². The molecule has 0 bridgehead atoms. The molecule has 6 nitrogen and oxygen atoms in total.